The molecule has 2 aliphatic carbocycles. The van der Waals surface area contributed by atoms with Crippen molar-refractivity contribution < 1.29 is 36.3 Å². The molecule has 2 aromatic carbocycles. The van der Waals surface area contributed by atoms with E-state index in [9.17, 15) is 36.3 Å². The lowest BCUT2D eigenvalue weighted by Gasteiger charge is -2.42. The number of amides is 2. The molecule has 0 saturated heterocycles. The third-order valence-electron chi connectivity index (χ3n) is 7.51. The van der Waals surface area contributed by atoms with Gasteiger partial charge in [0.15, 0.2) is 27.3 Å². The Bertz CT molecular complexity index is 1350. The Morgan fingerprint density at radius 1 is 1.13 bits per heavy atom. The number of carbonyl (C=O) groups excluding carboxylic acids is 2. The molecule has 0 radical (unpaired) electrons. The van der Waals surface area contributed by atoms with Crippen LogP contribution in [0.15, 0.2) is 35.2 Å². The predicted molar refractivity (Wildman–Crippen MR) is 134 cm³/mol. The lowest BCUT2D eigenvalue weighted by atomic mass is 9.74. The van der Waals surface area contributed by atoms with E-state index < -0.39 is 56.0 Å². The summed E-state index contributed by atoms with van der Waals surface area (Å²) in [6, 6.07) is 4.00. The molecule has 0 spiro atoms. The topological polar surface area (TPSA) is 139 Å². The average molecular weight is 574 g/mol. The maximum atomic E-state index is 13.6. The summed E-state index contributed by atoms with van der Waals surface area (Å²) in [5.74, 6) is -6.75. The molecule has 0 aromatic heterocycles. The largest absolute Gasteiger partial charge is 0.387 e. The van der Waals surface area contributed by atoms with Crippen LogP contribution in [0.4, 0.5) is 18.9 Å². The molecule has 0 aliphatic heterocycles. The zero-order valence-electron chi connectivity index (χ0n) is 20.3. The number of hydrogen-bond donors (Lipinski definition) is 4. The van der Waals surface area contributed by atoms with E-state index in [0.717, 1.165) is 6.07 Å². The molecule has 0 heterocycles. The van der Waals surface area contributed by atoms with Gasteiger partial charge >= 0.3 is 0 Å². The number of sulfone groups is 1. The average Bonchev–Trinajstić information content (AvgIpc) is 3.01. The maximum Gasteiger partial charge on any atom is 0.255 e. The first kappa shape index (κ1) is 28.3. The van der Waals surface area contributed by atoms with E-state index in [1.807, 2.05) is 0 Å². The SMILES string of the molecule is C[C@H](N)C(=O)NCC1(O)C2CC[C@H]1CC(S(=O)(=O)c1cc(C(=O)Nc3cc(F)c(F)c(F)c3)ccc1Cl)C2. The monoisotopic (exact) mass is 573 g/mol. The first-order valence-electron chi connectivity index (χ1n) is 12.0. The van der Waals surface area contributed by atoms with Crippen molar-refractivity contribution in [2.75, 3.05) is 11.9 Å². The van der Waals surface area contributed by atoms with Crippen molar-refractivity contribution in [1.29, 1.82) is 0 Å². The third-order valence-corrected chi connectivity index (χ3v) is 10.2. The first-order valence-corrected chi connectivity index (χ1v) is 13.9. The molecule has 206 valence electrons. The van der Waals surface area contributed by atoms with Crippen LogP contribution >= 0.6 is 11.6 Å². The van der Waals surface area contributed by atoms with Gasteiger partial charge in [-0.3, -0.25) is 9.59 Å². The quantitative estimate of drug-likeness (QED) is 0.375. The van der Waals surface area contributed by atoms with Gasteiger partial charge in [-0.15, -0.1) is 0 Å². The number of rotatable bonds is 7. The Morgan fingerprint density at radius 2 is 1.71 bits per heavy atom. The molecule has 38 heavy (non-hydrogen) atoms. The Morgan fingerprint density at radius 3 is 2.26 bits per heavy atom. The van der Waals surface area contributed by atoms with Crippen LogP contribution in [0.3, 0.4) is 0 Å². The number of aliphatic hydroxyl groups is 1. The van der Waals surface area contributed by atoms with E-state index in [1.165, 1.54) is 19.1 Å². The first-order chi connectivity index (χ1) is 17.7. The summed E-state index contributed by atoms with van der Waals surface area (Å²) in [6.45, 7) is 1.49. The minimum Gasteiger partial charge on any atom is -0.387 e. The number of nitrogens with one attached hydrogen (secondary N) is 2. The molecule has 8 nitrogen and oxygen atoms in total. The second kappa shape index (κ2) is 10.5. The minimum absolute atomic E-state index is 0.0313. The molecule has 2 bridgehead atoms. The van der Waals surface area contributed by atoms with E-state index in [4.69, 9.17) is 17.3 Å². The Labute approximate surface area is 222 Å². The molecule has 3 unspecified atom stereocenters. The fourth-order valence-electron chi connectivity index (χ4n) is 5.42. The van der Waals surface area contributed by atoms with Crippen LogP contribution in [-0.4, -0.2) is 48.8 Å². The molecule has 13 heteroatoms. The van der Waals surface area contributed by atoms with E-state index in [-0.39, 0.29) is 52.4 Å². The van der Waals surface area contributed by atoms with Gasteiger partial charge in [-0.1, -0.05) is 11.6 Å². The molecule has 5 atom stereocenters. The zero-order valence-corrected chi connectivity index (χ0v) is 21.9. The maximum absolute atomic E-state index is 13.6. The molecular weight excluding hydrogens is 547 g/mol. The van der Waals surface area contributed by atoms with E-state index in [1.54, 1.807) is 0 Å². The molecule has 2 amide bonds. The van der Waals surface area contributed by atoms with Gasteiger partial charge in [0, 0.05) is 29.9 Å². The normalized spacial score (nSPS) is 25.6. The third kappa shape index (κ3) is 5.27. The Hall–Kier alpha value is -2.67. The highest BCUT2D eigenvalue weighted by atomic mass is 35.5. The highest BCUT2D eigenvalue weighted by Crippen LogP contribution is 2.52. The standard InChI is InChI=1S/C25H27ClF3N3O5S/c1-12(30)23(33)31-11-25(35)14-3-4-15(25)8-17(7-14)38(36,37)21-6-13(2-5-18(21)26)24(34)32-16-9-19(27)22(29)20(28)10-16/h2,5-6,9-10,12,14-15,17,35H,3-4,7-8,11,30H2,1H3,(H,31,33)(H,32,34)/t12-,14-,15?,17?,25?/m0/s1. The number of hydrogen-bond acceptors (Lipinski definition) is 6. The van der Waals surface area contributed by atoms with Gasteiger partial charge in [-0.2, -0.15) is 0 Å². The molecule has 2 fully saturated rings. The number of nitrogens with two attached hydrogens (primary N) is 1. The summed E-state index contributed by atoms with van der Waals surface area (Å²) in [4.78, 5) is 24.3. The summed E-state index contributed by atoms with van der Waals surface area (Å²) >= 11 is 6.22. The van der Waals surface area contributed by atoms with Crippen LogP contribution in [0.25, 0.3) is 0 Å². The van der Waals surface area contributed by atoms with Gasteiger partial charge in [-0.05, 0) is 62.6 Å². The van der Waals surface area contributed by atoms with Gasteiger partial charge in [0.1, 0.15) is 0 Å². The molecule has 4 rings (SSSR count). The van der Waals surface area contributed by atoms with Crippen LogP contribution in [0.5, 0.6) is 0 Å². The van der Waals surface area contributed by atoms with Crippen molar-refractivity contribution in [2.24, 2.45) is 17.6 Å². The number of carbonyl (C=O) groups is 2. The van der Waals surface area contributed by atoms with Gasteiger partial charge in [0.25, 0.3) is 5.91 Å². The second-order valence-corrected chi connectivity index (χ2v) is 12.6. The number of halogens is 4. The summed E-state index contributed by atoms with van der Waals surface area (Å²) in [5, 5.41) is 15.2. The van der Waals surface area contributed by atoms with Gasteiger partial charge < -0.3 is 21.5 Å². The lowest BCUT2D eigenvalue weighted by Crippen LogP contribution is -2.56. The van der Waals surface area contributed by atoms with Gasteiger partial charge in [0.05, 0.1) is 26.8 Å². The van der Waals surface area contributed by atoms with Crippen LogP contribution in [-0.2, 0) is 14.6 Å². The number of anilines is 1. The zero-order chi connectivity index (χ0) is 28.0. The summed E-state index contributed by atoms with van der Waals surface area (Å²) in [5.41, 5.74) is 3.81. The summed E-state index contributed by atoms with van der Waals surface area (Å²) in [6.07, 6.45) is 1.43. The molecule has 2 aromatic rings. The van der Waals surface area contributed by atoms with Crippen LogP contribution in [0.1, 0.15) is 43.0 Å². The molecular formula is C25H27ClF3N3O5S. The molecule has 2 saturated carbocycles. The molecule has 5 N–H and O–H groups in total. The van der Waals surface area contributed by atoms with E-state index >= 15 is 0 Å². The van der Waals surface area contributed by atoms with Crippen molar-refractivity contribution in [2.45, 2.75) is 54.4 Å². The highest BCUT2D eigenvalue weighted by molar-refractivity contribution is 7.92. The van der Waals surface area contributed by atoms with Crippen molar-refractivity contribution in [3.8, 4) is 0 Å². The lowest BCUT2D eigenvalue weighted by molar-refractivity contribution is -0.125. The van der Waals surface area contributed by atoms with Crippen molar-refractivity contribution in [3.63, 3.8) is 0 Å². The number of fused-ring (bicyclic) bond motifs is 2. The minimum atomic E-state index is -4.06. The highest BCUT2D eigenvalue weighted by Gasteiger charge is 2.55. The van der Waals surface area contributed by atoms with Crippen LogP contribution < -0.4 is 16.4 Å². The fourth-order valence-corrected chi connectivity index (χ4v) is 7.82. The smallest absolute Gasteiger partial charge is 0.255 e. The second-order valence-electron chi connectivity index (χ2n) is 9.96. The van der Waals surface area contributed by atoms with Crippen LogP contribution in [0.2, 0.25) is 5.02 Å². The number of benzene rings is 2. The van der Waals surface area contributed by atoms with E-state index in [0.29, 0.717) is 25.0 Å². The van der Waals surface area contributed by atoms with Gasteiger partial charge in [0.2, 0.25) is 5.91 Å². The van der Waals surface area contributed by atoms with Crippen molar-refractivity contribution in [1.82, 2.24) is 5.32 Å². The van der Waals surface area contributed by atoms with Gasteiger partial charge in [-0.25, -0.2) is 21.6 Å². The summed E-state index contributed by atoms with van der Waals surface area (Å²) in [7, 11) is -4.06. The predicted octanol–water partition coefficient (Wildman–Crippen LogP) is 3.17. The van der Waals surface area contributed by atoms with Crippen LogP contribution in [0, 0.1) is 29.3 Å². The van der Waals surface area contributed by atoms with Crippen molar-refractivity contribution in [3.05, 3.63) is 58.4 Å². The Kier molecular flexibility index (Phi) is 7.81. The Balaban J connectivity index is 1.54. The fraction of sp³-hybridized carbons (Fsp3) is 0.440. The van der Waals surface area contributed by atoms with E-state index in [2.05, 4.69) is 10.6 Å². The summed E-state index contributed by atoms with van der Waals surface area (Å²) < 4.78 is 67.5. The van der Waals surface area contributed by atoms with Crippen molar-refractivity contribution >= 4 is 38.9 Å². The molecule has 2 aliphatic rings.